The first-order chi connectivity index (χ1) is 15.9. The molecule has 0 fully saturated rings. The number of aromatic amines is 1. The highest BCUT2D eigenvalue weighted by Crippen LogP contribution is 2.33. The van der Waals surface area contributed by atoms with E-state index in [1.807, 2.05) is 0 Å². The van der Waals surface area contributed by atoms with Crippen LogP contribution in [-0.2, 0) is 0 Å². The standard InChI is InChI=1S/C22H21N5O6/c1-30-12-6-7-13(15(10-12)32-3)20-24-17(19(23)28)18-21(26-20)27(22(29)25-18)11-5-8-14(31-2)16(9-11)33-4/h5-10H,1-4H3,(H2,23,28)(H,25,29). The summed E-state index contributed by atoms with van der Waals surface area (Å²) < 4.78 is 22.6. The maximum atomic E-state index is 12.9. The van der Waals surface area contributed by atoms with Crippen molar-refractivity contribution in [2.24, 2.45) is 5.73 Å². The molecule has 0 aliphatic carbocycles. The van der Waals surface area contributed by atoms with Crippen LogP contribution in [0.1, 0.15) is 10.5 Å². The second-order valence-electron chi connectivity index (χ2n) is 6.83. The number of hydrogen-bond acceptors (Lipinski definition) is 8. The highest BCUT2D eigenvalue weighted by Gasteiger charge is 2.22. The van der Waals surface area contributed by atoms with E-state index in [9.17, 15) is 9.59 Å². The summed E-state index contributed by atoms with van der Waals surface area (Å²) in [5.41, 5.74) is 6.09. The number of carbonyl (C=O) groups is 1. The van der Waals surface area contributed by atoms with E-state index in [-0.39, 0.29) is 22.7 Å². The Balaban J connectivity index is 2.02. The van der Waals surface area contributed by atoms with Crippen molar-refractivity contribution in [1.29, 1.82) is 0 Å². The van der Waals surface area contributed by atoms with Gasteiger partial charge in [-0.25, -0.2) is 19.3 Å². The average Bonchev–Trinajstić information content (AvgIpc) is 3.17. The number of amides is 1. The number of imidazole rings is 1. The van der Waals surface area contributed by atoms with Crippen molar-refractivity contribution in [1.82, 2.24) is 19.5 Å². The Hall–Kier alpha value is -4.54. The predicted octanol–water partition coefficient (Wildman–Crippen LogP) is 1.91. The van der Waals surface area contributed by atoms with Crippen molar-refractivity contribution < 1.29 is 23.7 Å². The number of fused-ring (bicyclic) bond motifs is 1. The Morgan fingerprint density at radius 1 is 0.909 bits per heavy atom. The third-order valence-corrected chi connectivity index (χ3v) is 5.05. The maximum Gasteiger partial charge on any atom is 0.332 e. The summed E-state index contributed by atoms with van der Waals surface area (Å²) in [6.07, 6.45) is 0. The van der Waals surface area contributed by atoms with Gasteiger partial charge < -0.3 is 29.7 Å². The molecule has 0 saturated heterocycles. The summed E-state index contributed by atoms with van der Waals surface area (Å²) in [5, 5.41) is 0. The van der Waals surface area contributed by atoms with Gasteiger partial charge in [0.05, 0.1) is 39.7 Å². The van der Waals surface area contributed by atoms with Gasteiger partial charge in [0, 0.05) is 12.1 Å². The fourth-order valence-electron chi connectivity index (χ4n) is 3.47. The summed E-state index contributed by atoms with van der Waals surface area (Å²) in [6.45, 7) is 0. The Morgan fingerprint density at radius 3 is 2.27 bits per heavy atom. The lowest BCUT2D eigenvalue weighted by Crippen LogP contribution is -2.15. The predicted molar refractivity (Wildman–Crippen MR) is 120 cm³/mol. The summed E-state index contributed by atoms with van der Waals surface area (Å²) in [6, 6.07) is 9.99. The SMILES string of the molecule is COc1ccc(-c2nc(C(N)=O)c3[nH]c(=O)n(-c4ccc(OC)c(OC)c4)c3n2)c(OC)c1. The monoisotopic (exact) mass is 451 g/mol. The van der Waals surface area contributed by atoms with E-state index in [2.05, 4.69) is 15.0 Å². The Morgan fingerprint density at radius 2 is 1.64 bits per heavy atom. The number of ether oxygens (including phenoxy) is 4. The molecule has 1 amide bonds. The highest BCUT2D eigenvalue weighted by molar-refractivity contribution is 6.02. The van der Waals surface area contributed by atoms with Crippen molar-refractivity contribution in [3.05, 3.63) is 52.6 Å². The summed E-state index contributed by atoms with van der Waals surface area (Å²) in [7, 11) is 6.02. The smallest absolute Gasteiger partial charge is 0.332 e. The lowest BCUT2D eigenvalue weighted by molar-refractivity contribution is 0.0997. The molecule has 0 bridgehead atoms. The quantitative estimate of drug-likeness (QED) is 0.434. The van der Waals surface area contributed by atoms with E-state index in [1.165, 1.54) is 33.0 Å². The van der Waals surface area contributed by atoms with Crippen LogP contribution in [-0.4, -0.2) is 53.9 Å². The fraction of sp³-hybridized carbons (Fsp3) is 0.182. The highest BCUT2D eigenvalue weighted by atomic mass is 16.5. The van der Waals surface area contributed by atoms with Gasteiger partial charge in [-0.2, -0.15) is 0 Å². The number of carbonyl (C=O) groups excluding carboxylic acids is 1. The molecule has 11 heteroatoms. The molecule has 0 unspecified atom stereocenters. The van der Waals surface area contributed by atoms with Crippen LogP contribution in [0.2, 0.25) is 0 Å². The normalized spacial score (nSPS) is 10.8. The van der Waals surface area contributed by atoms with Gasteiger partial charge in [0.15, 0.2) is 28.7 Å². The van der Waals surface area contributed by atoms with Crippen LogP contribution in [0.5, 0.6) is 23.0 Å². The zero-order valence-corrected chi connectivity index (χ0v) is 18.3. The maximum absolute atomic E-state index is 12.9. The molecule has 3 N–H and O–H groups in total. The van der Waals surface area contributed by atoms with Crippen LogP contribution in [0.3, 0.4) is 0 Å². The van der Waals surface area contributed by atoms with Gasteiger partial charge in [0.2, 0.25) is 0 Å². The van der Waals surface area contributed by atoms with Gasteiger partial charge >= 0.3 is 5.69 Å². The van der Waals surface area contributed by atoms with Crippen LogP contribution in [0.15, 0.2) is 41.2 Å². The molecule has 2 aromatic heterocycles. The Labute approximate surface area is 187 Å². The van der Waals surface area contributed by atoms with Gasteiger partial charge in [-0.3, -0.25) is 4.79 Å². The van der Waals surface area contributed by atoms with Gasteiger partial charge in [-0.1, -0.05) is 0 Å². The molecule has 4 rings (SSSR count). The molecular formula is C22H21N5O6. The number of hydrogen-bond donors (Lipinski definition) is 2. The molecule has 2 heterocycles. The van der Waals surface area contributed by atoms with Crippen molar-refractivity contribution >= 4 is 17.1 Å². The zero-order chi connectivity index (χ0) is 23.7. The molecule has 11 nitrogen and oxygen atoms in total. The van der Waals surface area contributed by atoms with Crippen LogP contribution in [0.4, 0.5) is 0 Å². The van der Waals surface area contributed by atoms with Crippen LogP contribution < -0.4 is 30.4 Å². The number of nitrogens with one attached hydrogen (secondary N) is 1. The number of aromatic nitrogens is 4. The van der Waals surface area contributed by atoms with Crippen LogP contribution in [0, 0.1) is 0 Å². The average molecular weight is 451 g/mol. The lowest BCUT2D eigenvalue weighted by atomic mass is 10.1. The number of primary amides is 1. The molecule has 170 valence electrons. The number of methoxy groups -OCH3 is 4. The zero-order valence-electron chi connectivity index (χ0n) is 18.3. The van der Waals surface area contributed by atoms with E-state index in [0.717, 1.165) is 0 Å². The van der Waals surface area contributed by atoms with Crippen molar-refractivity contribution in [3.63, 3.8) is 0 Å². The topological polar surface area (TPSA) is 144 Å². The molecule has 0 atom stereocenters. The van der Waals surface area contributed by atoms with Gasteiger partial charge in [-0.15, -0.1) is 0 Å². The second-order valence-corrected chi connectivity index (χ2v) is 6.83. The lowest BCUT2D eigenvalue weighted by Gasteiger charge is -2.12. The van der Waals surface area contributed by atoms with Gasteiger partial charge in [0.1, 0.15) is 17.0 Å². The number of rotatable bonds is 7. The third-order valence-electron chi connectivity index (χ3n) is 5.05. The van der Waals surface area contributed by atoms with E-state index in [1.54, 1.807) is 36.4 Å². The van der Waals surface area contributed by atoms with Crippen molar-refractivity contribution in [2.45, 2.75) is 0 Å². The molecular weight excluding hydrogens is 430 g/mol. The molecule has 2 aromatic carbocycles. The minimum atomic E-state index is -0.822. The van der Waals surface area contributed by atoms with Crippen LogP contribution in [0.25, 0.3) is 28.2 Å². The Bertz CT molecular complexity index is 1430. The molecule has 4 aromatic rings. The minimum absolute atomic E-state index is 0.110. The van der Waals surface area contributed by atoms with E-state index in [0.29, 0.717) is 34.2 Å². The van der Waals surface area contributed by atoms with E-state index >= 15 is 0 Å². The first kappa shape index (κ1) is 21.7. The van der Waals surface area contributed by atoms with Crippen molar-refractivity contribution in [3.8, 4) is 40.1 Å². The second kappa shape index (κ2) is 8.54. The molecule has 0 saturated carbocycles. The number of benzene rings is 2. The number of H-pyrrole nitrogens is 1. The molecule has 0 aliphatic rings. The number of nitrogens with two attached hydrogens (primary N) is 1. The largest absolute Gasteiger partial charge is 0.497 e. The first-order valence-electron chi connectivity index (χ1n) is 9.69. The Kier molecular flexibility index (Phi) is 5.61. The third kappa shape index (κ3) is 3.69. The van der Waals surface area contributed by atoms with Gasteiger partial charge in [-0.05, 0) is 24.3 Å². The van der Waals surface area contributed by atoms with Crippen molar-refractivity contribution in [2.75, 3.05) is 28.4 Å². The summed E-state index contributed by atoms with van der Waals surface area (Å²) >= 11 is 0. The fourth-order valence-corrected chi connectivity index (χ4v) is 3.47. The number of nitrogens with zero attached hydrogens (tertiary/aromatic N) is 3. The molecule has 33 heavy (non-hydrogen) atoms. The summed E-state index contributed by atoms with van der Waals surface area (Å²) in [4.78, 5) is 36.6. The summed E-state index contributed by atoms with van der Waals surface area (Å²) in [5.74, 6) is 1.21. The minimum Gasteiger partial charge on any atom is -0.497 e. The van der Waals surface area contributed by atoms with Crippen LogP contribution >= 0.6 is 0 Å². The molecule has 0 radical (unpaired) electrons. The first-order valence-corrected chi connectivity index (χ1v) is 9.69. The van der Waals surface area contributed by atoms with Gasteiger partial charge in [0.25, 0.3) is 5.91 Å². The molecule has 0 spiro atoms. The van der Waals surface area contributed by atoms with E-state index < -0.39 is 11.6 Å². The molecule has 0 aliphatic heterocycles. The van der Waals surface area contributed by atoms with E-state index in [4.69, 9.17) is 24.7 Å².